The molecule has 0 saturated heterocycles. The fourth-order valence-electron chi connectivity index (χ4n) is 2.91. The zero-order valence-electron chi connectivity index (χ0n) is 18.3. The number of amides is 1. The predicted molar refractivity (Wildman–Crippen MR) is 125 cm³/mol. The number of benzene rings is 2. The Labute approximate surface area is 190 Å². The first-order valence-electron chi connectivity index (χ1n) is 10.0. The minimum Gasteiger partial charge on any atom is -0.0149 e. The Morgan fingerprint density at radius 2 is 1.37 bits per heavy atom. The quantitative estimate of drug-likeness (QED) is 0.711. The van der Waals surface area contributed by atoms with Crippen molar-refractivity contribution in [3.63, 3.8) is 0 Å². The molecule has 164 valence electrons. The average molecular weight is 464 g/mol. The van der Waals surface area contributed by atoms with Crippen LogP contribution in [-0.4, -0.2) is 29.1 Å². The van der Waals surface area contributed by atoms with Gasteiger partial charge < -0.3 is 10.2 Å². The third-order valence-electron chi connectivity index (χ3n) is 4.05. The summed E-state index contributed by atoms with van der Waals surface area (Å²) in [6.07, 6.45) is 3.61. The minimum absolute atomic E-state index is 0. The first kappa shape index (κ1) is 28.5. The summed E-state index contributed by atoms with van der Waals surface area (Å²) in [5, 5.41) is 23.6. The maximum atomic E-state index is 12.4. The first-order valence-corrected chi connectivity index (χ1v) is 14.8. The molecule has 1 unspecified atom stereocenters. The van der Waals surface area contributed by atoms with Crippen molar-refractivity contribution in [1.29, 1.82) is 0 Å². The van der Waals surface area contributed by atoms with Crippen molar-refractivity contribution in [1.82, 2.24) is 3.80 Å². The van der Waals surface area contributed by atoms with Crippen molar-refractivity contribution in [3.8, 4) is 0 Å². The summed E-state index contributed by atoms with van der Waals surface area (Å²) in [5.41, 5.74) is 3.39. The van der Waals surface area contributed by atoms with Crippen molar-refractivity contribution in [2.45, 2.75) is 54.6 Å². The fraction of sp³-hybridized carbons (Fsp3) is 0.375. The van der Waals surface area contributed by atoms with Crippen LogP contribution >= 0.6 is 0 Å². The summed E-state index contributed by atoms with van der Waals surface area (Å²) in [4.78, 5) is 12.4. The number of carbonyl (C=O) groups excluding carboxylic acids is 1. The van der Waals surface area contributed by atoms with E-state index in [9.17, 15) is 15.0 Å². The van der Waals surface area contributed by atoms with Gasteiger partial charge in [-0.1, -0.05) is 27.7 Å². The molecule has 1 N–H and O–H groups in total. The number of allylic oxidation sites excluding steroid dienone is 1. The second kappa shape index (κ2) is 13.7. The molecule has 0 saturated carbocycles. The monoisotopic (exact) mass is 463 g/mol. The standard InChI is InChI=1S/C9H7.C7H7NO.2C3H7O.2CH3.H4Si.Ti/c1-2-5-9-7-3-6-8(9)4-1;8-7(9)6-4-2-1-3-5-6;2*1-3(2)4;;;;/h1-7H;1-5H,(H2,8,9);2*3H,1-2H3;2*1H3;1H4;/q;;2*-1;;;;+3/p-1. The van der Waals surface area contributed by atoms with Gasteiger partial charge in [0.15, 0.2) is 0 Å². The van der Waals surface area contributed by atoms with Gasteiger partial charge in [0.1, 0.15) is 0 Å². The SMILES string of the molecule is CC(C)[O-].CC(C)[O-].[CH3][Ti+2]([CH3])([NH]C(=O)c1ccccc1)[CH]1C=Cc2ccccc21.[SiH4]. The zero-order chi connectivity index (χ0) is 22.0. The fourth-order valence-corrected chi connectivity index (χ4v) is 6.82. The van der Waals surface area contributed by atoms with E-state index < -0.39 is 29.1 Å². The molecule has 0 aromatic heterocycles. The molecular weight excluding hydrogens is 426 g/mol. The van der Waals surface area contributed by atoms with E-state index >= 15 is 0 Å². The van der Waals surface area contributed by atoms with Gasteiger partial charge in [-0.25, -0.2) is 0 Å². The van der Waals surface area contributed by atoms with Gasteiger partial charge in [0, 0.05) is 0 Å². The van der Waals surface area contributed by atoms with E-state index in [0.29, 0.717) is 4.22 Å². The van der Waals surface area contributed by atoms with Gasteiger partial charge in [-0.3, -0.25) is 0 Å². The summed E-state index contributed by atoms with van der Waals surface area (Å²) in [6, 6.07) is 17.9. The van der Waals surface area contributed by atoms with E-state index in [1.54, 1.807) is 27.7 Å². The van der Waals surface area contributed by atoms with Crippen molar-refractivity contribution in [3.05, 3.63) is 77.4 Å². The van der Waals surface area contributed by atoms with Gasteiger partial charge in [0.05, 0.1) is 0 Å². The van der Waals surface area contributed by atoms with Crippen LogP contribution in [0.25, 0.3) is 6.08 Å². The Bertz CT molecular complexity index is 781. The number of hydrogen-bond donors (Lipinski definition) is 1. The largest absolute Gasteiger partial charge is 0.0149 e. The summed E-state index contributed by atoms with van der Waals surface area (Å²) in [5.74, 6) is 0.0541. The van der Waals surface area contributed by atoms with E-state index in [0.717, 1.165) is 5.56 Å². The molecule has 1 atom stereocenters. The van der Waals surface area contributed by atoms with Crippen LogP contribution in [0.4, 0.5) is 0 Å². The average Bonchev–Trinajstić information content (AvgIpc) is 3.06. The van der Waals surface area contributed by atoms with Gasteiger partial charge in [-0.15, -0.1) is 12.2 Å². The Hall–Kier alpha value is -1.50. The minimum atomic E-state index is -2.52. The molecule has 1 amide bonds. The van der Waals surface area contributed by atoms with Gasteiger partial charge in [-0.2, -0.15) is 0 Å². The number of carbonyl (C=O) groups is 1. The molecule has 0 aliphatic heterocycles. The van der Waals surface area contributed by atoms with Gasteiger partial charge in [0.25, 0.3) is 0 Å². The summed E-state index contributed by atoms with van der Waals surface area (Å²) < 4.78 is 3.74. The topological polar surface area (TPSA) is 75.2 Å². The molecule has 30 heavy (non-hydrogen) atoms. The summed E-state index contributed by atoms with van der Waals surface area (Å²) >= 11 is -2.52. The van der Waals surface area contributed by atoms with Crippen LogP contribution in [0.2, 0.25) is 10.5 Å². The van der Waals surface area contributed by atoms with Gasteiger partial charge >= 0.3 is 129 Å². The Balaban J connectivity index is 0.000000808. The normalized spacial score (nSPS) is 13.5. The maximum Gasteiger partial charge on any atom is -0.0149 e. The van der Waals surface area contributed by atoms with E-state index in [-0.39, 0.29) is 16.9 Å². The van der Waals surface area contributed by atoms with E-state index in [1.807, 2.05) is 30.3 Å². The molecule has 0 radical (unpaired) electrons. The van der Waals surface area contributed by atoms with Gasteiger partial charge in [0.2, 0.25) is 0 Å². The van der Waals surface area contributed by atoms with Crippen molar-refractivity contribution in [2.75, 3.05) is 0 Å². The van der Waals surface area contributed by atoms with Crippen molar-refractivity contribution in [2.24, 2.45) is 0 Å². The summed E-state index contributed by atoms with van der Waals surface area (Å²) in [7, 11) is 0. The molecule has 2 aromatic carbocycles. The van der Waals surface area contributed by atoms with Crippen LogP contribution in [0, 0.1) is 0 Å². The van der Waals surface area contributed by atoms with E-state index in [2.05, 4.69) is 50.7 Å². The molecule has 2 aromatic rings. The van der Waals surface area contributed by atoms with Crippen LogP contribution in [-0.2, 0) is 16.8 Å². The maximum absolute atomic E-state index is 12.4. The number of fused-ring (bicyclic) bond motifs is 1. The Kier molecular flexibility index (Phi) is 13.0. The first-order chi connectivity index (χ1) is 13.5. The Morgan fingerprint density at radius 1 is 0.900 bits per heavy atom. The summed E-state index contributed by atoms with van der Waals surface area (Å²) in [6.45, 7) is 6.44. The van der Waals surface area contributed by atoms with E-state index in [4.69, 9.17) is 0 Å². The van der Waals surface area contributed by atoms with Gasteiger partial charge in [-0.05, 0) is 11.0 Å². The van der Waals surface area contributed by atoms with E-state index in [1.165, 1.54) is 11.1 Å². The number of rotatable bonds is 3. The Morgan fingerprint density at radius 3 is 1.90 bits per heavy atom. The van der Waals surface area contributed by atoms with Crippen LogP contribution < -0.4 is 14.0 Å². The molecule has 0 bridgehead atoms. The third kappa shape index (κ3) is 10.0. The van der Waals surface area contributed by atoms with Crippen molar-refractivity contribution >= 4 is 22.9 Å². The molecule has 6 heteroatoms. The molecule has 3 rings (SSSR count). The van der Waals surface area contributed by atoms with Crippen LogP contribution in [0.1, 0.15) is 53.4 Å². The van der Waals surface area contributed by atoms with Crippen LogP contribution in [0.3, 0.4) is 0 Å². The molecule has 0 fully saturated rings. The molecule has 4 nitrogen and oxygen atoms in total. The van der Waals surface area contributed by atoms with Crippen LogP contribution in [0.15, 0.2) is 60.7 Å². The van der Waals surface area contributed by atoms with Crippen LogP contribution in [0.5, 0.6) is 0 Å². The predicted octanol–water partition coefficient (Wildman–Crippen LogP) is 2.41. The molecular formula is C24H37NO3SiTi. The molecule has 0 spiro atoms. The van der Waals surface area contributed by atoms with Crippen molar-refractivity contribution < 1.29 is 31.9 Å². The third-order valence-corrected chi connectivity index (χ3v) is 8.62. The smallest absolute Gasteiger partial charge is 0.0149 e. The second-order valence-corrected chi connectivity index (χ2v) is 14.8. The zero-order valence-corrected chi connectivity index (χ0v) is 19.9. The molecule has 1 aliphatic rings. The number of hydrogen-bond acceptors (Lipinski definition) is 3. The number of nitrogens with one attached hydrogen (secondary N) is 1. The second-order valence-electron chi connectivity index (χ2n) is 8.11. The molecule has 0 heterocycles. The molecule has 1 aliphatic carbocycles.